The predicted octanol–water partition coefficient (Wildman–Crippen LogP) is 4.21. The molecule has 1 saturated carbocycles. The second kappa shape index (κ2) is 6.44. The summed E-state index contributed by atoms with van der Waals surface area (Å²) in [5.41, 5.74) is 2.51. The summed E-state index contributed by atoms with van der Waals surface area (Å²) < 4.78 is 0. The quantitative estimate of drug-likeness (QED) is 0.687. The number of nitrogens with zero attached hydrogens (tertiary/aromatic N) is 1. The Morgan fingerprint density at radius 1 is 1.16 bits per heavy atom. The van der Waals surface area contributed by atoms with Crippen molar-refractivity contribution in [2.75, 3.05) is 0 Å². The fourth-order valence-electron chi connectivity index (χ4n) is 3.59. The standard InChI is InChI=1S/C19H18N2O3S/c22-17(14-9-20-15-4-2-1-3-13(14)15)18-21-16(10-25-18)11-5-7-12(8-6-11)19(23)24/h1-4,9-12,20H,5-8H2,(H,23,24). The van der Waals surface area contributed by atoms with Gasteiger partial charge in [-0.1, -0.05) is 18.2 Å². The first-order chi connectivity index (χ1) is 12.1. The maximum Gasteiger partial charge on any atom is 0.306 e. The van der Waals surface area contributed by atoms with Crippen LogP contribution in [0.1, 0.15) is 52.7 Å². The van der Waals surface area contributed by atoms with Gasteiger partial charge in [-0.15, -0.1) is 11.3 Å². The van der Waals surface area contributed by atoms with E-state index in [1.807, 2.05) is 29.6 Å². The number of thiazole rings is 1. The second-order valence-corrected chi connectivity index (χ2v) is 7.40. The lowest BCUT2D eigenvalue weighted by Crippen LogP contribution is -2.20. The molecule has 0 saturated heterocycles. The summed E-state index contributed by atoms with van der Waals surface area (Å²) >= 11 is 1.37. The summed E-state index contributed by atoms with van der Waals surface area (Å²) in [5.74, 6) is -0.738. The molecule has 3 aromatic rings. The van der Waals surface area contributed by atoms with Crippen LogP contribution in [0.25, 0.3) is 10.9 Å². The first kappa shape index (κ1) is 16.0. The fourth-order valence-corrected chi connectivity index (χ4v) is 4.44. The molecule has 0 spiro atoms. The van der Waals surface area contributed by atoms with Crippen molar-refractivity contribution >= 4 is 34.0 Å². The molecule has 0 unspecified atom stereocenters. The van der Waals surface area contributed by atoms with Crippen molar-refractivity contribution < 1.29 is 14.7 Å². The summed E-state index contributed by atoms with van der Waals surface area (Å²) in [6.45, 7) is 0. The Bertz CT molecular complexity index is 935. The van der Waals surface area contributed by atoms with Gasteiger partial charge in [-0.05, 0) is 31.7 Å². The predicted molar refractivity (Wildman–Crippen MR) is 96.2 cm³/mol. The van der Waals surface area contributed by atoms with Crippen molar-refractivity contribution in [3.63, 3.8) is 0 Å². The molecular formula is C19H18N2O3S. The molecule has 1 fully saturated rings. The molecule has 1 aliphatic rings. The number of para-hydroxylation sites is 1. The number of carboxylic acids is 1. The van der Waals surface area contributed by atoms with Gasteiger partial charge in [0.05, 0.1) is 17.2 Å². The summed E-state index contributed by atoms with van der Waals surface area (Å²) in [5, 5.41) is 12.5. The van der Waals surface area contributed by atoms with Crippen LogP contribution in [0.4, 0.5) is 0 Å². The van der Waals surface area contributed by atoms with Gasteiger partial charge in [0.25, 0.3) is 0 Å². The van der Waals surface area contributed by atoms with Gasteiger partial charge < -0.3 is 10.1 Å². The van der Waals surface area contributed by atoms with Crippen LogP contribution < -0.4 is 0 Å². The van der Waals surface area contributed by atoms with Crippen LogP contribution in [0.15, 0.2) is 35.8 Å². The van der Waals surface area contributed by atoms with E-state index in [-0.39, 0.29) is 17.6 Å². The fraction of sp³-hybridized carbons (Fsp3) is 0.316. The number of carbonyl (C=O) groups is 2. The number of nitrogens with one attached hydrogen (secondary N) is 1. The molecule has 6 heteroatoms. The van der Waals surface area contributed by atoms with Gasteiger partial charge in [0.1, 0.15) is 0 Å². The van der Waals surface area contributed by atoms with Crippen molar-refractivity contribution in [2.45, 2.75) is 31.6 Å². The van der Waals surface area contributed by atoms with E-state index < -0.39 is 5.97 Å². The molecule has 1 aromatic carbocycles. The normalized spacial score (nSPS) is 20.6. The number of carbonyl (C=O) groups excluding carboxylic acids is 1. The Morgan fingerprint density at radius 3 is 2.68 bits per heavy atom. The SMILES string of the molecule is O=C(c1nc(C2CCC(C(=O)O)CC2)cs1)c1c[nH]c2ccccc12. The van der Waals surface area contributed by atoms with Gasteiger partial charge in [-0.3, -0.25) is 9.59 Å². The Labute approximate surface area is 148 Å². The molecule has 0 bridgehead atoms. The molecule has 4 rings (SSSR count). The average Bonchev–Trinajstić information content (AvgIpc) is 3.29. The van der Waals surface area contributed by atoms with Gasteiger partial charge in [-0.25, -0.2) is 4.98 Å². The van der Waals surface area contributed by atoms with Crippen LogP contribution in [0.5, 0.6) is 0 Å². The topological polar surface area (TPSA) is 83.1 Å². The summed E-state index contributed by atoms with van der Waals surface area (Å²) in [6.07, 6.45) is 4.75. The highest BCUT2D eigenvalue weighted by Crippen LogP contribution is 2.36. The lowest BCUT2D eigenvalue weighted by Gasteiger charge is -2.24. The van der Waals surface area contributed by atoms with Crippen LogP contribution in [0, 0.1) is 5.92 Å². The smallest absolute Gasteiger partial charge is 0.306 e. The van der Waals surface area contributed by atoms with Crippen molar-refractivity contribution in [1.82, 2.24) is 9.97 Å². The first-order valence-electron chi connectivity index (χ1n) is 8.42. The van der Waals surface area contributed by atoms with Crippen LogP contribution in [-0.4, -0.2) is 26.8 Å². The minimum Gasteiger partial charge on any atom is -0.481 e. The highest BCUT2D eigenvalue weighted by Gasteiger charge is 2.28. The van der Waals surface area contributed by atoms with Crippen LogP contribution >= 0.6 is 11.3 Å². The van der Waals surface area contributed by atoms with Crippen LogP contribution in [-0.2, 0) is 4.79 Å². The molecule has 0 atom stereocenters. The minimum absolute atomic E-state index is 0.0621. The highest BCUT2D eigenvalue weighted by molar-refractivity contribution is 7.12. The van der Waals surface area contributed by atoms with Gasteiger partial charge in [-0.2, -0.15) is 0 Å². The maximum absolute atomic E-state index is 12.8. The summed E-state index contributed by atoms with van der Waals surface area (Å²) in [4.78, 5) is 31.6. The molecule has 0 amide bonds. The molecule has 2 heterocycles. The zero-order valence-electron chi connectivity index (χ0n) is 13.6. The number of H-pyrrole nitrogens is 1. The van der Waals surface area contributed by atoms with Crippen LogP contribution in [0.3, 0.4) is 0 Å². The first-order valence-corrected chi connectivity index (χ1v) is 9.30. The number of hydrogen-bond acceptors (Lipinski definition) is 4. The van der Waals surface area contributed by atoms with E-state index in [0.717, 1.165) is 29.4 Å². The zero-order chi connectivity index (χ0) is 17.4. The van der Waals surface area contributed by atoms with E-state index in [1.165, 1.54) is 11.3 Å². The minimum atomic E-state index is -0.702. The van der Waals surface area contributed by atoms with E-state index >= 15 is 0 Å². The Kier molecular flexibility index (Phi) is 4.13. The summed E-state index contributed by atoms with van der Waals surface area (Å²) in [7, 11) is 0. The van der Waals surface area contributed by atoms with Gasteiger partial charge in [0.2, 0.25) is 5.78 Å². The van der Waals surface area contributed by atoms with Crippen molar-refractivity contribution in [2.24, 2.45) is 5.92 Å². The summed E-state index contributed by atoms with van der Waals surface area (Å²) in [6, 6.07) is 7.73. The average molecular weight is 354 g/mol. The lowest BCUT2D eigenvalue weighted by molar-refractivity contribution is -0.142. The van der Waals surface area contributed by atoms with E-state index in [4.69, 9.17) is 5.11 Å². The number of carboxylic acid groups (broad SMARTS) is 1. The number of benzene rings is 1. The molecule has 0 aliphatic heterocycles. The number of rotatable bonds is 4. The van der Waals surface area contributed by atoms with Gasteiger partial charge in [0, 0.05) is 28.4 Å². The molecule has 1 aliphatic carbocycles. The monoisotopic (exact) mass is 354 g/mol. The molecule has 2 aromatic heterocycles. The third-order valence-corrected chi connectivity index (χ3v) is 5.90. The number of aromatic nitrogens is 2. The number of fused-ring (bicyclic) bond motifs is 1. The Balaban J connectivity index is 1.53. The van der Waals surface area contributed by atoms with Crippen LogP contribution in [0.2, 0.25) is 0 Å². The second-order valence-electron chi connectivity index (χ2n) is 6.54. The number of aromatic amines is 1. The number of ketones is 1. The molecule has 5 nitrogen and oxygen atoms in total. The highest BCUT2D eigenvalue weighted by atomic mass is 32.1. The molecule has 128 valence electrons. The van der Waals surface area contributed by atoms with E-state index in [9.17, 15) is 9.59 Å². The maximum atomic E-state index is 12.8. The van der Waals surface area contributed by atoms with Crippen molar-refractivity contribution in [1.29, 1.82) is 0 Å². The third kappa shape index (κ3) is 2.98. The van der Waals surface area contributed by atoms with E-state index in [0.29, 0.717) is 23.4 Å². The number of aliphatic carboxylic acids is 1. The molecule has 0 radical (unpaired) electrons. The van der Waals surface area contributed by atoms with Crippen molar-refractivity contribution in [3.8, 4) is 0 Å². The largest absolute Gasteiger partial charge is 0.481 e. The van der Waals surface area contributed by atoms with E-state index in [1.54, 1.807) is 6.20 Å². The molecule has 25 heavy (non-hydrogen) atoms. The molecular weight excluding hydrogens is 336 g/mol. The van der Waals surface area contributed by atoms with Gasteiger partial charge >= 0.3 is 5.97 Å². The molecule has 2 N–H and O–H groups in total. The van der Waals surface area contributed by atoms with Gasteiger partial charge in [0.15, 0.2) is 5.01 Å². The lowest BCUT2D eigenvalue weighted by atomic mass is 9.81. The van der Waals surface area contributed by atoms with Crippen molar-refractivity contribution in [3.05, 3.63) is 52.1 Å². The Morgan fingerprint density at radius 2 is 1.92 bits per heavy atom. The number of hydrogen-bond donors (Lipinski definition) is 2. The van der Waals surface area contributed by atoms with E-state index in [2.05, 4.69) is 9.97 Å². The zero-order valence-corrected chi connectivity index (χ0v) is 14.4. The Hall–Kier alpha value is -2.47. The third-order valence-electron chi connectivity index (χ3n) is 5.04.